The molecule has 0 aliphatic carbocycles. The first-order valence-corrected chi connectivity index (χ1v) is 13.0. The Bertz CT molecular complexity index is 1580. The first-order valence-electron chi connectivity index (χ1n) is 12.6. The maximum Gasteiger partial charge on any atom is 0.291 e. The molecule has 2 amide bonds. The van der Waals surface area contributed by atoms with E-state index >= 15 is 0 Å². The van der Waals surface area contributed by atoms with E-state index in [1.54, 1.807) is 41.3 Å². The number of hydrogen-bond acceptors (Lipinski definition) is 6. The molecule has 10 heteroatoms. The highest BCUT2D eigenvalue weighted by molar-refractivity contribution is 6.33. The van der Waals surface area contributed by atoms with E-state index in [1.165, 1.54) is 18.2 Å². The SMILES string of the molecule is O=C(Nc1ccc(N2CCN(C(=O)/C=C/c3ccccc3)CC2)c(Cl)c1)c1ccc(-c2ccccc2[N+](=O)[O-])o1. The number of rotatable bonds is 7. The summed E-state index contributed by atoms with van der Waals surface area (Å²) < 4.78 is 5.62. The van der Waals surface area contributed by atoms with Gasteiger partial charge in [0.2, 0.25) is 5.91 Å². The Labute approximate surface area is 235 Å². The van der Waals surface area contributed by atoms with Crippen LogP contribution in [0.25, 0.3) is 17.4 Å². The van der Waals surface area contributed by atoms with Gasteiger partial charge in [-0.05, 0) is 48.0 Å². The number of piperazine rings is 1. The van der Waals surface area contributed by atoms with Crippen molar-refractivity contribution in [3.05, 3.63) is 117 Å². The topological polar surface area (TPSA) is 109 Å². The number of nitro groups is 1. The van der Waals surface area contributed by atoms with Crippen LogP contribution in [0.3, 0.4) is 0 Å². The zero-order valence-corrected chi connectivity index (χ0v) is 22.1. The summed E-state index contributed by atoms with van der Waals surface area (Å²) >= 11 is 6.57. The molecule has 0 radical (unpaired) electrons. The molecule has 0 saturated carbocycles. The Morgan fingerprint density at radius 2 is 1.65 bits per heavy atom. The number of nitrogens with zero attached hydrogens (tertiary/aromatic N) is 3. The number of furan rings is 1. The number of hydrogen-bond donors (Lipinski definition) is 1. The average molecular weight is 557 g/mol. The summed E-state index contributed by atoms with van der Waals surface area (Å²) in [4.78, 5) is 40.1. The van der Waals surface area contributed by atoms with Crippen molar-refractivity contribution in [1.82, 2.24) is 4.90 Å². The Morgan fingerprint density at radius 3 is 2.38 bits per heavy atom. The fraction of sp³-hybridized carbons (Fsp3) is 0.133. The predicted octanol–water partition coefficient (Wildman–Crippen LogP) is 6.12. The smallest absolute Gasteiger partial charge is 0.291 e. The van der Waals surface area contributed by atoms with Crippen LogP contribution >= 0.6 is 11.6 Å². The van der Waals surface area contributed by atoms with E-state index in [4.69, 9.17) is 16.0 Å². The molecule has 5 rings (SSSR count). The monoisotopic (exact) mass is 556 g/mol. The second kappa shape index (κ2) is 11.9. The van der Waals surface area contributed by atoms with Gasteiger partial charge in [-0.2, -0.15) is 0 Å². The summed E-state index contributed by atoms with van der Waals surface area (Å²) in [5.74, 6) is -0.311. The molecule has 202 valence electrons. The molecule has 1 saturated heterocycles. The van der Waals surface area contributed by atoms with Crippen molar-refractivity contribution in [2.45, 2.75) is 0 Å². The third-order valence-corrected chi connectivity index (χ3v) is 6.85. The number of nitro benzene ring substituents is 1. The van der Waals surface area contributed by atoms with E-state index in [2.05, 4.69) is 10.2 Å². The van der Waals surface area contributed by atoms with Crippen LogP contribution < -0.4 is 10.2 Å². The standard InChI is InChI=1S/C30H25ClN4O5/c31-24-20-22(32-30(37)28-14-13-27(40-28)23-8-4-5-9-25(23)35(38)39)11-12-26(24)33-16-18-34(19-17-33)29(36)15-10-21-6-2-1-3-7-21/h1-15,20H,16-19H2,(H,32,37)/b15-10+. The van der Waals surface area contributed by atoms with Gasteiger partial charge in [-0.15, -0.1) is 0 Å². The van der Waals surface area contributed by atoms with Crippen molar-refractivity contribution in [3.8, 4) is 11.3 Å². The van der Waals surface area contributed by atoms with Crippen molar-refractivity contribution < 1.29 is 18.9 Å². The lowest BCUT2D eigenvalue weighted by Gasteiger charge is -2.36. The molecule has 3 aromatic carbocycles. The minimum absolute atomic E-state index is 0.00968. The number of halogens is 1. The van der Waals surface area contributed by atoms with Gasteiger partial charge in [0.1, 0.15) is 5.76 Å². The van der Waals surface area contributed by atoms with Crippen molar-refractivity contribution in [3.63, 3.8) is 0 Å². The molecule has 1 fully saturated rings. The number of benzene rings is 3. The van der Waals surface area contributed by atoms with Gasteiger partial charge in [-0.3, -0.25) is 19.7 Å². The second-order valence-electron chi connectivity index (χ2n) is 9.11. The minimum Gasteiger partial charge on any atom is -0.451 e. The van der Waals surface area contributed by atoms with E-state index in [9.17, 15) is 19.7 Å². The van der Waals surface area contributed by atoms with Crippen LogP contribution in [-0.4, -0.2) is 47.8 Å². The van der Waals surface area contributed by atoms with Crippen LogP contribution in [0.2, 0.25) is 5.02 Å². The van der Waals surface area contributed by atoms with E-state index in [1.807, 2.05) is 42.5 Å². The highest BCUT2D eigenvalue weighted by Gasteiger charge is 2.22. The molecule has 1 N–H and O–H groups in total. The summed E-state index contributed by atoms with van der Waals surface area (Å²) in [5.41, 5.74) is 2.43. The molecule has 0 atom stereocenters. The normalized spacial score (nSPS) is 13.4. The van der Waals surface area contributed by atoms with Crippen LogP contribution in [0, 0.1) is 10.1 Å². The van der Waals surface area contributed by atoms with Gasteiger partial charge in [0, 0.05) is 44.0 Å². The third-order valence-electron chi connectivity index (χ3n) is 6.55. The Balaban J connectivity index is 1.19. The lowest BCUT2D eigenvalue weighted by Crippen LogP contribution is -2.48. The van der Waals surface area contributed by atoms with Crippen LogP contribution in [0.1, 0.15) is 16.1 Å². The van der Waals surface area contributed by atoms with Gasteiger partial charge >= 0.3 is 0 Å². The Kier molecular flexibility index (Phi) is 7.93. The van der Waals surface area contributed by atoms with Crippen LogP contribution in [-0.2, 0) is 4.79 Å². The molecule has 9 nitrogen and oxygen atoms in total. The largest absolute Gasteiger partial charge is 0.451 e. The molecule has 0 bridgehead atoms. The summed E-state index contributed by atoms with van der Waals surface area (Å²) in [6, 6.07) is 24.1. The van der Waals surface area contributed by atoms with Crippen molar-refractivity contribution in [1.29, 1.82) is 0 Å². The fourth-order valence-electron chi connectivity index (χ4n) is 4.48. The van der Waals surface area contributed by atoms with Gasteiger partial charge in [0.05, 0.1) is 21.2 Å². The number of nitrogens with one attached hydrogen (secondary N) is 1. The number of anilines is 2. The van der Waals surface area contributed by atoms with E-state index in [-0.39, 0.29) is 28.7 Å². The highest BCUT2D eigenvalue weighted by Crippen LogP contribution is 2.32. The van der Waals surface area contributed by atoms with Gasteiger partial charge in [-0.1, -0.05) is 54.1 Å². The molecule has 4 aromatic rings. The number of carbonyl (C=O) groups is 2. The summed E-state index contributed by atoms with van der Waals surface area (Å²) in [5, 5.41) is 14.5. The minimum atomic E-state index is -0.510. The Hall–Kier alpha value is -4.89. The molecule has 0 spiro atoms. The van der Waals surface area contributed by atoms with Gasteiger partial charge in [-0.25, -0.2) is 0 Å². The predicted molar refractivity (Wildman–Crippen MR) is 154 cm³/mol. The molecule has 40 heavy (non-hydrogen) atoms. The zero-order valence-electron chi connectivity index (χ0n) is 21.3. The molecule has 0 unspecified atom stereocenters. The summed E-state index contributed by atoms with van der Waals surface area (Å²) in [6.07, 6.45) is 3.41. The zero-order chi connectivity index (χ0) is 28.1. The van der Waals surface area contributed by atoms with Gasteiger partial charge < -0.3 is 19.5 Å². The molecular formula is C30H25ClN4O5. The third kappa shape index (κ3) is 6.05. The lowest BCUT2D eigenvalue weighted by atomic mass is 10.1. The average Bonchev–Trinajstić information content (AvgIpc) is 3.47. The van der Waals surface area contributed by atoms with Crippen LogP contribution in [0.4, 0.5) is 17.1 Å². The second-order valence-corrected chi connectivity index (χ2v) is 9.52. The van der Waals surface area contributed by atoms with Crippen molar-refractivity contribution >= 4 is 46.6 Å². The van der Waals surface area contributed by atoms with E-state index in [0.717, 1.165) is 11.3 Å². The van der Waals surface area contributed by atoms with Crippen molar-refractivity contribution in [2.75, 3.05) is 36.4 Å². The fourth-order valence-corrected chi connectivity index (χ4v) is 4.78. The highest BCUT2D eigenvalue weighted by atomic mass is 35.5. The summed E-state index contributed by atoms with van der Waals surface area (Å²) in [7, 11) is 0. The lowest BCUT2D eigenvalue weighted by molar-refractivity contribution is -0.384. The molecule has 1 aliphatic rings. The maximum absolute atomic E-state index is 12.8. The Morgan fingerprint density at radius 1 is 0.925 bits per heavy atom. The van der Waals surface area contributed by atoms with Gasteiger partial charge in [0.25, 0.3) is 11.6 Å². The summed E-state index contributed by atoms with van der Waals surface area (Å²) in [6.45, 7) is 2.37. The first kappa shape index (κ1) is 26.7. The molecule has 2 heterocycles. The van der Waals surface area contributed by atoms with Crippen LogP contribution in [0.5, 0.6) is 0 Å². The number of para-hydroxylation sites is 1. The quantitative estimate of drug-likeness (QED) is 0.167. The molecular weight excluding hydrogens is 532 g/mol. The van der Waals surface area contributed by atoms with Crippen LogP contribution in [0.15, 0.2) is 95.4 Å². The number of amides is 2. The number of carbonyl (C=O) groups excluding carboxylic acids is 2. The molecule has 1 aromatic heterocycles. The van der Waals surface area contributed by atoms with E-state index in [0.29, 0.717) is 36.9 Å². The maximum atomic E-state index is 12.8. The van der Waals surface area contributed by atoms with E-state index < -0.39 is 10.8 Å². The van der Waals surface area contributed by atoms with Gasteiger partial charge in [0.15, 0.2) is 5.76 Å². The first-order chi connectivity index (χ1) is 19.4. The van der Waals surface area contributed by atoms with Crippen molar-refractivity contribution in [2.24, 2.45) is 0 Å². The molecule has 1 aliphatic heterocycles.